The molecule has 0 aliphatic carbocycles. The summed E-state index contributed by atoms with van der Waals surface area (Å²) in [6, 6.07) is 11.7. The maximum Gasteiger partial charge on any atom is 0.260 e. The van der Waals surface area contributed by atoms with Gasteiger partial charge in [-0.15, -0.1) is 0 Å². The molecule has 32 heavy (non-hydrogen) atoms. The predicted octanol–water partition coefficient (Wildman–Crippen LogP) is 5.38. The highest BCUT2D eigenvalue weighted by atomic mass is 16.5. The van der Waals surface area contributed by atoms with Gasteiger partial charge < -0.3 is 14.1 Å². The van der Waals surface area contributed by atoms with E-state index in [9.17, 15) is 9.59 Å². The van der Waals surface area contributed by atoms with Gasteiger partial charge in [0.25, 0.3) is 5.91 Å². The van der Waals surface area contributed by atoms with Gasteiger partial charge in [-0.2, -0.15) is 0 Å². The molecule has 5 nitrogen and oxygen atoms in total. The number of carbonyl (C=O) groups excluding carboxylic acids is 1. The quantitative estimate of drug-likeness (QED) is 0.555. The van der Waals surface area contributed by atoms with Crippen LogP contribution in [0.4, 0.5) is 0 Å². The van der Waals surface area contributed by atoms with Crippen LogP contribution < -0.4 is 10.2 Å². The predicted molar refractivity (Wildman–Crippen MR) is 127 cm³/mol. The van der Waals surface area contributed by atoms with Crippen LogP contribution in [0.5, 0.6) is 5.75 Å². The average molecular weight is 434 g/mol. The minimum atomic E-state index is -0.251. The Morgan fingerprint density at radius 2 is 1.66 bits per heavy atom. The van der Waals surface area contributed by atoms with E-state index >= 15 is 0 Å². The third kappa shape index (κ3) is 4.29. The molecular formula is C27H31NO4. The number of likely N-dealkylation sites (tertiary alicyclic amines) is 1. The first kappa shape index (κ1) is 22.1. The minimum absolute atomic E-state index is 0.0128. The van der Waals surface area contributed by atoms with E-state index in [1.54, 1.807) is 4.90 Å². The van der Waals surface area contributed by atoms with Gasteiger partial charge in [0.15, 0.2) is 12.4 Å². The van der Waals surface area contributed by atoms with Gasteiger partial charge in [0.1, 0.15) is 5.58 Å². The van der Waals surface area contributed by atoms with Gasteiger partial charge >= 0.3 is 0 Å². The molecule has 1 saturated heterocycles. The first-order chi connectivity index (χ1) is 15.1. The van der Waals surface area contributed by atoms with Crippen molar-refractivity contribution >= 4 is 16.9 Å². The Labute approximate surface area is 189 Å². The molecular weight excluding hydrogens is 402 g/mol. The molecule has 1 fully saturated rings. The van der Waals surface area contributed by atoms with Crippen molar-refractivity contribution in [2.45, 2.75) is 52.9 Å². The van der Waals surface area contributed by atoms with Crippen LogP contribution in [-0.2, 0) is 10.2 Å². The van der Waals surface area contributed by atoms with E-state index in [1.165, 1.54) is 5.56 Å². The number of aryl methyl sites for hydroxylation is 2. The molecule has 168 valence electrons. The molecule has 1 amide bonds. The maximum absolute atomic E-state index is 13.4. The molecule has 0 unspecified atom stereocenters. The summed E-state index contributed by atoms with van der Waals surface area (Å²) in [5.74, 6) is 0.355. The van der Waals surface area contributed by atoms with Crippen molar-refractivity contribution in [2.75, 3.05) is 19.7 Å². The number of ether oxygens (including phenoxy) is 1. The number of hydrogen-bond acceptors (Lipinski definition) is 4. The smallest absolute Gasteiger partial charge is 0.260 e. The average Bonchev–Trinajstić information content (AvgIpc) is 3.29. The molecule has 2 aromatic carbocycles. The van der Waals surface area contributed by atoms with Gasteiger partial charge in [0, 0.05) is 18.7 Å². The Hall–Kier alpha value is -3.08. The molecule has 0 radical (unpaired) electrons. The van der Waals surface area contributed by atoms with E-state index in [0.29, 0.717) is 16.7 Å². The monoisotopic (exact) mass is 433 g/mol. The Morgan fingerprint density at radius 1 is 1.03 bits per heavy atom. The normalized spacial score (nSPS) is 14.2. The highest BCUT2D eigenvalue weighted by Gasteiger charge is 2.23. The number of amides is 1. The second-order valence-corrected chi connectivity index (χ2v) is 9.73. The number of fused-ring (bicyclic) bond motifs is 1. The van der Waals surface area contributed by atoms with Gasteiger partial charge in [-0.3, -0.25) is 9.59 Å². The van der Waals surface area contributed by atoms with Gasteiger partial charge in [0.2, 0.25) is 11.2 Å². The fourth-order valence-electron chi connectivity index (χ4n) is 4.07. The Balaban J connectivity index is 1.80. The zero-order valence-corrected chi connectivity index (χ0v) is 19.6. The van der Waals surface area contributed by atoms with E-state index in [2.05, 4.69) is 20.8 Å². The summed E-state index contributed by atoms with van der Waals surface area (Å²) in [5.41, 5.74) is 4.27. The molecule has 1 aliphatic heterocycles. The number of nitrogens with zero attached hydrogens (tertiary/aromatic N) is 1. The molecule has 2 heterocycles. The van der Waals surface area contributed by atoms with Crippen LogP contribution in [0.15, 0.2) is 45.6 Å². The molecule has 1 aromatic heterocycles. The van der Waals surface area contributed by atoms with Gasteiger partial charge in [0.05, 0.1) is 5.39 Å². The van der Waals surface area contributed by atoms with Gasteiger partial charge in [-0.25, -0.2) is 0 Å². The van der Waals surface area contributed by atoms with E-state index in [0.717, 1.165) is 42.6 Å². The molecule has 0 saturated carbocycles. The molecule has 0 bridgehead atoms. The van der Waals surface area contributed by atoms with Crippen molar-refractivity contribution in [3.63, 3.8) is 0 Å². The van der Waals surface area contributed by atoms with Crippen molar-refractivity contribution < 1.29 is 13.9 Å². The van der Waals surface area contributed by atoms with E-state index in [4.69, 9.17) is 9.15 Å². The molecule has 0 atom stereocenters. The lowest BCUT2D eigenvalue weighted by atomic mass is 9.86. The first-order valence-corrected chi connectivity index (χ1v) is 11.2. The number of rotatable bonds is 4. The highest BCUT2D eigenvalue weighted by Crippen LogP contribution is 2.33. The lowest BCUT2D eigenvalue weighted by molar-refractivity contribution is -0.132. The molecule has 0 spiro atoms. The zero-order chi connectivity index (χ0) is 23.0. The number of benzene rings is 2. The molecule has 3 aromatic rings. The van der Waals surface area contributed by atoms with Crippen LogP contribution in [0.25, 0.3) is 22.3 Å². The second kappa shape index (κ2) is 8.45. The van der Waals surface area contributed by atoms with Gasteiger partial charge in [-0.1, -0.05) is 45.0 Å². The van der Waals surface area contributed by atoms with Crippen molar-refractivity contribution in [2.24, 2.45) is 0 Å². The van der Waals surface area contributed by atoms with Crippen LogP contribution in [0.2, 0.25) is 0 Å². The van der Waals surface area contributed by atoms with E-state index in [1.807, 2.05) is 50.2 Å². The Bertz CT molecular complexity index is 1210. The van der Waals surface area contributed by atoms with Crippen LogP contribution in [0.1, 0.15) is 50.3 Å². The summed E-state index contributed by atoms with van der Waals surface area (Å²) in [5, 5.41) is 0.465. The van der Waals surface area contributed by atoms with E-state index < -0.39 is 0 Å². The van der Waals surface area contributed by atoms with E-state index in [-0.39, 0.29) is 29.1 Å². The Kier molecular flexibility index (Phi) is 5.85. The third-order valence-corrected chi connectivity index (χ3v) is 6.28. The summed E-state index contributed by atoms with van der Waals surface area (Å²) in [7, 11) is 0. The molecule has 4 rings (SSSR count). The van der Waals surface area contributed by atoms with Crippen LogP contribution in [-0.4, -0.2) is 30.5 Å². The molecule has 5 heteroatoms. The first-order valence-electron chi connectivity index (χ1n) is 11.2. The summed E-state index contributed by atoms with van der Waals surface area (Å²) in [6.45, 7) is 11.7. The summed E-state index contributed by atoms with van der Waals surface area (Å²) < 4.78 is 12.1. The fourth-order valence-corrected chi connectivity index (χ4v) is 4.07. The Morgan fingerprint density at radius 3 is 2.28 bits per heavy atom. The minimum Gasteiger partial charge on any atom is -0.476 e. The largest absolute Gasteiger partial charge is 0.476 e. The number of carbonyl (C=O) groups is 1. The van der Waals surface area contributed by atoms with Crippen molar-refractivity contribution in [1.82, 2.24) is 4.90 Å². The zero-order valence-electron chi connectivity index (χ0n) is 19.6. The maximum atomic E-state index is 13.4. The standard InChI is InChI=1S/C27H31NO4/c1-17-14-21-22(15-18(17)2)32-25(19-8-10-20(11-9-19)27(3,4)5)26(24(21)30)31-16-23(29)28-12-6-7-13-28/h8-11,14-15H,6-7,12-13,16H2,1-5H3. The third-order valence-electron chi connectivity index (χ3n) is 6.28. The molecule has 1 aliphatic rings. The fraction of sp³-hybridized carbons (Fsp3) is 0.407. The summed E-state index contributed by atoms with van der Waals surface area (Å²) >= 11 is 0. The second-order valence-electron chi connectivity index (χ2n) is 9.73. The van der Waals surface area contributed by atoms with Crippen molar-refractivity contribution in [3.05, 3.63) is 63.3 Å². The highest BCUT2D eigenvalue weighted by molar-refractivity contribution is 5.84. The van der Waals surface area contributed by atoms with Crippen LogP contribution >= 0.6 is 0 Å². The van der Waals surface area contributed by atoms with Gasteiger partial charge in [-0.05, 0) is 60.9 Å². The van der Waals surface area contributed by atoms with Crippen molar-refractivity contribution in [3.8, 4) is 17.1 Å². The SMILES string of the molecule is Cc1cc2oc(-c3ccc(C(C)(C)C)cc3)c(OCC(=O)N3CCCC3)c(=O)c2cc1C. The molecule has 0 N–H and O–H groups in total. The van der Waals surface area contributed by atoms with Crippen molar-refractivity contribution in [1.29, 1.82) is 0 Å². The van der Waals surface area contributed by atoms with Crippen LogP contribution in [0.3, 0.4) is 0 Å². The summed E-state index contributed by atoms with van der Waals surface area (Å²) in [6.07, 6.45) is 2.02. The summed E-state index contributed by atoms with van der Waals surface area (Å²) in [4.78, 5) is 27.8. The lowest BCUT2D eigenvalue weighted by Crippen LogP contribution is -2.32. The van der Waals surface area contributed by atoms with Crippen LogP contribution in [0, 0.1) is 13.8 Å². The number of hydrogen-bond donors (Lipinski definition) is 0. The lowest BCUT2D eigenvalue weighted by Gasteiger charge is -2.19. The topological polar surface area (TPSA) is 59.8 Å².